The molecule has 5 nitrogen and oxygen atoms in total. The molecule has 1 amide bonds. The number of morpholine rings is 1. The van der Waals surface area contributed by atoms with Crippen LogP contribution in [0.25, 0.3) is 0 Å². The van der Waals surface area contributed by atoms with Crippen LogP contribution in [0.1, 0.15) is 23.1 Å². The van der Waals surface area contributed by atoms with Gasteiger partial charge in [-0.15, -0.1) is 0 Å². The molecule has 1 N–H and O–H groups in total. The van der Waals surface area contributed by atoms with Crippen LogP contribution in [0, 0.1) is 11.3 Å². The molecule has 0 spiro atoms. The van der Waals surface area contributed by atoms with Crippen LogP contribution in [0.5, 0.6) is 0 Å². The minimum Gasteiger partial charge on any atom is -0.364 e. The van der Waals surface area contributed by atoms with E-state index in [0.29, 0.717) is 5.56 Å². The standard InChI is InChI=1S/C21H21N3O2/c22-12-16-5-4-6-17(11-16)13-24-10-9-21(18-7-2-1-3-8-18)19(14-24)26-15-20(25)23-21/h1-8,11,19H,9-10,13-15H2,(H,23,25)/t19-,21+/m1/s1. The number of likely N-dealkylation sites (tertiary alicyclic amines) is 1. The SMILES string of the molecule is N#Cc1cccc(CN2CC[C@@]3(c4ccccc4)NC(=O)CO[C@@H]3C2)c1. The number of nitrogens with one attached hydrogen (secondary N) is 1. The van der Waals surface area contributed by atoms with Gasteiger partial charge in [0.25, 0.3) is 0 Å². The normalized spacial score (nSPS) is 25.8. The number of hydrogen-bond donors (Lipinski definition) is 1. The molecule has 5 heteroatoms. The maximum absolute atomic E-state index is 12.1. The van der Waals surface area contributed by atoms with E-state index in [0.717, 1.165) is 37.2 Å². The van der Waals surface area contributed by atoms with Crippen molar-refractivity contribution in [3.63, 3.8) is 0 Å². The monoisotopic (exact) mass is 347 g/mol. The van der Waals surface area contributed by atoms with Gasteiger partial charge in [-0.1, -0.05) is 42.5 Å². The molecule has 2 saturated heterocycles. The van der Waals surface area contributed by atoms with Gasteiger partial charge in [-0.3, -0.25) is 9.69 Å². The zero-order chi connectivity index (χ0) is 18.0. The lowest BCUT2D eigenvalue weighted by atomic mass is 9.77. The molecule has 2 heterocycles. The molecule has 0 bridgehead atoms. The lowest BCUT2D eigenvalue weighted by molar-refractivity contribution is -0.152. The predicted molar refractivity (Wildman–Crippen MR) is 97.1 cm³/mol. The average Bonchev–Trinajstić information content (AvgIpc) is 2.69. The van der Waals surface area contributed by atoms with E-state index in [1.54, 1.807) is 0 Å². The number of nitrogens with zero attached hydrogens (tertiary/aromatic N) is 2. The fourth-order valence-corrected chi connectivity index (χ4v) is 4.06. The molecule has 132 valence electrons. The Bertz CT molecular complexity index is 846. The van der Waals surface area contributed by atoms with Gasteiger partial charge in [0.15, 0.2) is 0 Å². The molecule has 0 unspecified atom stereocenters. The molecular formula is C21H21N3O2. The Morgan fingerprint density at radius 2 is 2.08 bits per heavy atom. The van der Waals surface area contributed by atoms with Crippen molar-refractivity contribution in [1.29, 1.82) is 5.26 Å². The largest absolute Gasteiger partial charge is 0.364 e. The highest BCUT2D eigenvalue weighted by Gasteiger charge is 2.48. The van der Waals surface area contributed by atoms with Gasteiger partial charge in [0.2, 0.25) is 5.91 Å². The van der Waals surface area contributed by atoms with E-state index in [4.69, 9.17) is 10.00 Å². The Morgan fingerprint density at radius 1 is 1.23 bits per heavy atom. The van der Waals surface area contributed by atoms with Gasteiger partial charge in [0.1, 0.15) is 6.61 Å². The first kappa shape index (κ1) is 16.8. The molecule has 26 heavy (non-hydrogen) atoms. The van der Waals surface area contributed by atoms with Crippen molar-refractivity contribution in [2.45, 2.75) is 24.6 Å². The molecule has 2 atom stereocenters. The van der Waals surface area contributed by atoms with Crippen LogP contribution in [-0.4, -0.2) is 36.6 Å². The van der Waals surface area contributed by atoms with E-state index < -0.39 is 5.54 Å². The van der Waals surface area contributed by atoms with Crippen molar-refractivity contribution in [3.05, 3.63) is 71.3 Å². The third-order valence-corrected chi connectivity index (χ3v) is 5.33. The first-order valence-corrected chi connectivity index (χ1v) is 8.89. The Balaban J connectivity index is 1.55. The van der Waals surface area contributed by atoms with Crippen LogP contribution in [0.15, 0.2) is 54.6 Å². The van der Waals surface area contributed by atoms with Crippen LogP contribution in [-0.2, 0) is 21.6 Å². The van der Waals surface area contributed by atoms with E-state index >= 15 is 0 Å². The maximum Gasteiger partial charge on any atom is 0.246 e. The van der Waals surface area contributed by atoms with Crippen molar-refractivity contribution in [2.24, 2.45) is 0 Å². The van der Waals surface area contributed by atoms with Crippen LogP contribution >= 0.6 is 0 Å². The number of nitriles is 1. The van der Waals surface area contributed by atoms with Gasteiger partial charge in [-0.25, -0.2) is 0 Å². The second-order valence-corrected chi connectivity index (χ2v) is 6.98. The summed E-state index contributed by atoms with van der Waals surface area (Å²) < 4.78 is 5.96. The summed E-state index contributed by atoms with van der Waals surface area (Å²) in [4.78, 5) is 14.4. The Morgan fingerprint density at radius 3 is 2.88 bits per heavy atom. The lowest BCUT2D eigenvalue weighted by Crippen LogP contribution is -2.66. The molecule has 0 radical (unpaired) electrons. The Kier molecular flexibility index (Phi) is 4.46. The number of hydrogen-bond acceptors (Lipinski definition) is 4. The molecule has 0 saturated carbocycles. The Labute approximate surface area is 153 Å². The second-order valence-electron chi connectivity index (χ2n) is 6.98. The van der Waals surface area contributed by atoms with E-state index in [1.165, 1.54) is 0 Å². The summed E-state index contributed by atoms with van der Waals surface area (Å²) in [5.74, 6) is -0.0553. The molecule has 0 aliphatic carbocycles. The van der Waals surface area contributed by atoms with E-state index in [-0.39, 0.29) is 18.6 Å². The van der Waals surface area contributed by atoms with E-state index in [1.807, 2.05) is 42.5 Å². The maximum atomic E-state index is 12.1. The molecule has 2 aliphatic heterocycles. The number of amides is 1. The molecular weight excluding hydrogens is 326 g/mol. The van der Waals surface area contributed by atoms with Crippen LogP contribution in [0.2, 0.25) is 0 Å². The zero-order valence-electron chi connectivity index (χ0n) is 14.5. The summed E-state index contributed by atoms with van der Waals surface area (Å²) in [6.07, 6.45) is 0.709. The number of piperidine rings is 1. The summed E-state index contributed by atoms with van der Waals surface area (Å²) in [5, 5.41) is 12.3. The highest BCUT2D eigenvalue weighted by molar-refractivity contribution is 5.79. The van der Waals surface area contributed by atoms with Crippen LogP contribution < -0.4 is 5.32 Å². The third-order valence-electron chi connectivity index (χ3n) is 5.33. The second kappa shape index (κ2) is 6.91. The summed E-state index contributed by atoms with van der Waals surface area (Å²) >= 11 is 0. The minimum absolute atomic E-state index is 0.0553. The number of ether oxygens (including phenoxy) is 1. The summed E-state index contributed by atoms with van der Waals surface area (Å²) in [7, 11) is 0. The van der Waals surface area contributed by atoms with Gasteiger partial charge < -0.3 is 10.1 Å². The summed E-state index contributed by atoms with van der Waals surface area (Å²) in [6.45, 7) is 2.48. The first-order valence-electron chi connectivity index (χ1n) is 8.89. The van der Waals surface area contributed by atoms with Gasteiger partial charge in [-0.05, 0) is 29.7 Å². The van der Waals surface area contributed by atoms with Crippen molar-refractivity contribution < 1.29 is 9.53 Å². The summed E-state index contributed by atoms with van der Waals surface area (Å²) in [5.41, 5.74) is 2.45. The van der Waals surface area contributed by atoms with Crippen molar-refractivity contribution in [3.8, 4) is 6.07 Å². The predicted octanol–water partition coefficient (Wildman–Crippen LogP) is 2.17. The highest BCUT2D eigenvalue weighted by atomic mass is 16.5. The summed E-state index contributed by atoms with van der Waals surface area (Å²) in [6, 6.07) is 20.0. The minimum atomic E-state index is -0.457. The molecule has 4 rings (SSSR count). The average molecular weight is 347 g/mol. The smallest absolute Gasteiger partial charge is 0.246 e. The lowest BCUT2D eigenvalue weighted by Gasteiger charge is -2.50. The van der Waals surface area contributed by atoms with Gasteiger partial charge in [0, 0.05) is 19.6 Å². The van der Waals surface area contributed by atoms with E-state index in [2.05, 4.69) is 28.4 Å². The number of benzene rings is 2. The number of carbonyl (C=O) groups is 1. The number of carbonyl (C=O) groups excluding carboxylic acids is 1. The molecule has 2 aromatic rings. The molecule has 2 aromatic carbocycles. The molecule has 2 fully saturated rings. The van der Waals surface area contributed by atoms with Crippen molar-refractivity contribution in [1.82, 2.24) is 10.2 Å². The zero-order valence-corrected chi connectivity index (χ0v) is 14.5. The number of fused-ring (bicyclic) bond motifs is 1. The van der Waals surface area contributed by atoms with Gasteiger partial charge in [-0.2, -0.15) is 5.26 Å². The molecule has 0 aromatic heterocycles. The van der Waals surface area contributed by atoms with Crippen molar-refractivity contribution in [2.75, 3.05) is 19.7 Å². The van der Waals surface area contributed by atoms with Crippen LogP contribution in [0.3, 0.4) is 0 Å². The van der Waals surface area contributed by atoms with Crippen LogP contribution in [0.4, 0.5) is 0 Å². The van der Waals surface area contributed by atoms with Crippen molar-refractivity contribution >= 4 is 5.91 Å². The fraction of sp³-hybridized carbons (Fsp3) is 0.333. The fourth-order valence-electron chi connectivity index (χ4n) is 4.06. The van der Waals surface area contributed by atoms with E-state index in [9.17, 15) is 4.79 Å². The van der Waals surface area contributed by atoms with Gasteiger partial charge >= 0.3 is 0 Å². The Hall–Kier alpha value is -2.68. The van der Waals surface area contributed by atoms with Gasteiger partial charge in [0.05, 0.1) is 23.3 Å². The first-order chi connectivity index (χ1) is 12.7. The highest BCUT2D eigenvalue weighted by Crippen LogP contribution is 2.37. The topological polar surface area (TPSA) is 65.4 Å². The quantitative estimate of drug-likeness (QED) is 0.924. The molecule has 2 aliphatic rings. The number of rotatable bonds is 3. The third kappa shape index (κ3) is 3.10.